The van der Waals surface area contributed by atoms with E-state index in [4.69, 9.17) is 9.47 Å². The quantitative estimate of drug-likeness (QED) is 0.131. The van der Waals surface area contributed by atoms with Crippen LogP contribution in [0.5, 0.6) is 0 Å². The first-order valence-electron chi connectivity index (χ1n) is 40.4. The maximum atomic E-state index is 16.0. The fourth-order valence-electron chi connectivity index (χ4n) is 19.0. The highest BCUT2D eigenvalue weighted by Gasteiger charge is 2.60. The Hall–Kier alpha value is -6.91. The molecular weight excluding hydrogens is 1400 g/mol. The van der Waals surface area contributed by atoms with Crippen LogP contribution in [0.2, 0.25) is 0 Å². The summed E-state index contributed by atoms with van der Waals surface area (Å²) < 4.78 is 55.2. The maximum absolute atomic E-state index is 16.0. The van der Waals surface area contributed by atoms with Crippen LogP contribution in [0.25, 0.3) is 0 Å². The number of carbonyl (C=O) groups excluding carboxylic acids is 12. The molecular formula is C79H125F3N12O14. The van der Waals surface area contributed by atoms with Crippen LogP contribution in [-0.4, -0.2) is 271 Å². The Kier molecular flexibility index (Phi) is 29.1. The minimum atomic E-state index is -4.52. The highest BCUT2D eigenvalue weighted by Crippen LogP contribution is 2.50. The Balaban J connectivity index is 1.15. The van der Waals surface area contributed by atoms with Gasteiger partial charge in [-0.25, -0.2) is 0 Å². The second-order valence-electron chi connectivity index (χ2n) is 34.2. The molecule has 11 rings (SSSR count). The number of alkyl halides is 3. The predicted octanol–water partition coefficient (Wildman–Crippen LogP) is 6.26. The SMILES string of the molecule is CC[C@H](C)[C@@H]1NC(=O)[C@@H]2CCCCC3CCC(CC3)C[C@@H](C(=O)N(C)CC(=O)N[C@@H](CCC3CCC(C(F)(F)F)C(OC)C3)C(=O)N3C[C@H](OC4CCC4)C[C@H]3C(=O)NC3(CC(C)(C)C3)C(=O)N(C)[C@@H](C3CCCC3)C(=O)N(C)[C@H](C(=O)N(C)CC)CC(=O)N2C)N2CC/C=C\C[C@H](NC(=O)CN(C)C1=O)C2=O. The Labute approximate surface area is 636 Å². The van der Waals surface area contributed by atoms with Gasteiger partial charge >= 0.3 is 6.18 Å². The molecule has 6 aliphatic heterocycles. The summed E-state index contributed by atoms with van der Waals surface area (Å²) >= 11 is 0. The zero-order chi connectivity index (χ0) is 78.9. The molecule has 12 amide bonds. The number of rotatable bonds is 11. The molecule has 108 heavy (non-hydrogen) atoms. The highest BCUT2D eigenvalue weighted by molar-refractivity contribution is 6.01. The Morgan fingerprint density at radius 1 is 0.639 bits per heavy atom. The number of fused-ring (bicyclic) bond motifs is 22. The minimum Gasteiger partial charge on any atom is -0.381 e. The number of amides is 12. The van der Waals surface area contributed by atoms with E-state index in [1.165, 1.54) is 81.5 Å². The van der Waals surface area contributed by atoms with Crippen LogP contribution in [0.15, 0.2) is 12.2 Å². The van der Waals surface area contributed by atoms with Crippen molar-refractivity contribution in [3.8, 4) is 0 Å². The van der Waals surface area contributed by atoms with Crippen molar-refractivity contribution in [2.75, 3.05) is 82.1 Å². The van der Waals surface area contributed by atoms with Crippen LogP contribution in [0, 0.1) is 40.9 Å². The lowest BCUT2D eigenvalue weighted by molar-refractivity contribution is -0.215. The molecule has 1 spiro atoms. The van der Waals surface area contributed by atoms with Gasteiger partial charge in [-0.3, -0.25) is 57.5 Å². The van der Waals surface area contributed by atoms with Gasteiger partial charge in [0.25, 0.3) is 0 Å². The van der Waals surface area contributed by atoms with E-state index in [9.17, 15) is 27.6 Å². The molecule has 4 N–H and O–H groups in total. The summed E-state index contributed by atoms with van der Waals surface area (Å²) in [5, 5.41) is 11.9. The summed E-state index contributed by atoms with van der Waals surface area (Å²) in [5.41, 5.74) is -2.16. The van der Waals surface area contributed by atoms with Crippen molar-refractivity contribution in [3.63, 3.8) is 0 Å². The fourth-order valence-corrected chi connectivity index (χ4v) is 19.0. The molecule has 3 unspecified atom stereocenters. The molecule has 0 radical (unpaired) electrons. The Bertz CT molecular complexity index is 3260. The number of ether oxygens (including phenoxy) is 2. The van der Waals surface area contributed by atoms with Crippen molar-refractivity contribution in [2.24, 2.45) is 40.9 Å². The summed E-state index contributed by atoms with van der Waals surface area (Å²) in [4.78, 5) is 195. The normalized spacial score (nSPS) is 33.0. The Morgan fingerprint density at radius 2 is 1.28 bits per heavy atom. The molecule has 11 aliphatic rings. The third-order valence-electron chi connectivity index (χ3n) is 25.9. The summed E-state index contributed by atoms with van der Waals surface area (Å²) in [6.45, 7) is 8.29. The molecule has 5 saturated heterocycles. The monoisotopic (exact) mass is 1520 g/mol. The van der Waals surface area contributed by atoms with Gasteiger partial charge in [0.15, 0.2) is 0 Å². The first-order chi connectivity index (χ1) is 51.1. The number of nitrogens with one attached hydrogen (secondary N) is 4. The van der Waals surface area contributed by atoms with Gasteiger partial charge in [-0.05, 0) is 145 Å². The number of methoxy groups -OCH3 is 1. The molecule has 0 aromatic rings. The fraction of sp³-hybridized carbons (Fsp3) is 0.823. The molecule has 29 heteroatoms. The standard InChI is InChI=1S/C79H125F3N12O14/c1-13-48(3)66-74(104)89(8)45-64(96)83-56-28-16-15-21-38-93(70(56)100)61-39-50-32-30-49(31-33-50)23-17-20-29-58(68(98)85-66)90(9)65(97)42-60(72(102)87(6)14-2)91(10)75(105)67(52-24-18-19-25-52)92(11)76(106)78(46-77(4,5)47-78)86-69(99)59-41-54(108-53-26-22-27-53)43-94(59)71(101)57(84-63(95)44-88(7)73(61)103)37-35-51-34-36-55(79(80,81)82)62(40-51)107-12/h15-16,48-62,66-67H,13-14,17-47H2,1-12H3,(H,83,96)(H,84,95)(H,85,98)(H,86,99)/b16-15-/t48-,49?,50?,51?,54+,55?,56-,57-,58-,59-,60-,61-,62?,66-,67-/m0/s1. The van der Waals surface area contributed by atoms with E-state index in [1.807, 2.05) is 26.8 Å². The van der Waals surface area contributed by atoms with Crippen molar-refractivity contribution in [1.82, 2.24) is 60.5 Å². The largest absolute Gasteiger partial charge is 0.394 e. The van der Waals surface area contributed by atoms with Gasteiger partial charge in [-0.1, -0.05) is 104 Å². The molecule has 606 valence electrons. The number of hydrogen-bond donors (Lipinski definition) is 4. The van der Waals surface area contributed by atoms with Gasteiger partial charge in [-0.15, -0.1) is 0 Å². The summed E-state index contributed by atoms with van der Waals surface area (Å²) in [6, 6.07) is -10.1. The summed E-state index contributed by atoms with van der Waals surface area (Å²) in [7, 11) is 10.1. The van der Waals surface area contributed by atoms with Crippen LogP contribution < -0.4 is 21.3 Å². The molecule has 10 fully saturated rings. The lowest BCUT2D eigenvalue weighted by Crippen LogP contribution is -2.71. The van der Waals surface area contributed by atoms with Crippen LogP contribution in [0.4, 0.5) is 13.2 Å². The number of likely N-dealkylation sites (N-methyl/N-ethyl adjacent to an activating group) is 6. The third-order valence-corrected chi connectivity index (χ3v) is 25.9. The number of hydrogen-bond acceptors (Lipinski definition) is 14. The summed E-state index contributed by atoms with van der Waals surface area (Å²) in [5.74, 6) is -10.5. The smallest absolute Gasteiger partial charge is 0.381 e. The number of nitrogens with zero attached hydrogens (tertiary/aromatic N) is 8. The van der Waals surface area contributed by atoms with Crippen LogP contribution in [0.1, 0.15) is 214 Å². The van der Waals surface area contributed by atoms with Gasteiger partial charge < -0.3 is 69.9 Å². The topological polar surface area (TPSA) is 297 Å². The average Bonchev–Trinajstić information content (AvgIpc) is 1.19. The lowest BCUT2D eigenvalue weighted by atomic mass is 9.58. The lowest BCUT2D eigenvalue weighted by Gasteiger charge is -2.54. The van der Waals surface area contributed by atoms with Gasteiger partial charge in [-0.2, -0.15) is 13.2 Å². The van der Waals surface area contributed by atoms with E-state index < -0.39 is 186 Å². The van der Waals surface area contributed by atoms with Gasteiger partial charge in [0.05, 0.1) is 43.7 Å². The van der Waals surface area contributed by atoms with E-state index in [-0.39, 0.29) is 114 Å². The zero-order valence-electron chi connectivity index (χ0n) is 66.2. The highest BCUT2D eigenvalue weighted by atomic mass is 19.4. The molecule has 26 nitrogen and oxygen atoms in total. The van der Waals surface area contributed by atoms with E-state index in [0.29, 0.717) is 51.4 Å². The minimum absolute atomic E-state index is 0.00468. The van der Waals surface area contributed by atoms with Crippen LogP contribution in [0.3, 0.4) is 0 Å². The number of carbonyl (C=O) groups is 12. The average molecular weight is 1520 g/mol. The van der Waals surface area contributed by atoms with Crippen LogP contribution >= 0.6 is 0 Å². The van der Waals surface area contributed by atoms with E-state index in [2.05, 4.69) is 21.3 Å². The molecule has 6 heterocycles. The van der Waals surface area contributed by atoms with E-state index in [0.717, 1.165) is 51.4 Å². The van der Waals surface area contributed by atoms with Crippen molar-refractivity contribution in [1.29, 1.82) is 0 Å². The van der Waals surface area contributed by atoms with Crippen molar-refractivity contribution >= 4 is 70.9 Å². The van der Waals surface area contributed by atoms with Crippen molar-refractivity contribution in [2.45, 2.75) is 293 Å². The van der Waals surface area contributed by atoms with Crippen molar-refractivity contribution in [3.05, 3.63) is 12.2 Å². The Morgan fingerprint density at radius 3 is 1.90 bits per heavy atom. The second kappa shape index (κ2) is 36.9. The molecule has 0 aromatic carbocycles. The van der Waals surface area contributed by atoms with E-state index >= 15 is 43.2 Å². The first kappa shape index (κ1) is 85.1. The zero-order valence-corrected chi connectivity index (χ0v) is 66.2. The third kappa shape index (κ3) is 20.4. The molecule has 6 bridgehead atoms. The molecule has 13 atom stereocenters. The molecule has 0 aromatic heterocycles. The molecule has 5 aliphatic carbocycles. The van der Waals surface area contributed by atoms with Gasteiger partial charge in [0.2, 0.25) is 70.9 Å². The van der Waals surface area contributed by atoms with Crippen molar-refractivity contribution < 1.29 is 80.2 Å². The van der Waals surface area contributed by atoms with Gasteiger partial charge in [0, 0.05) is 75.5 Å². The maximum Gasteiger partial charge on any atom is 0.394 e. The second-order valence-corrected chi connectivity index (χ2v) is 34.2. The van der Waals surface area contributed by atoms with E-state index in [1.54, 1.807) is 27.0 Å². The van der Waals surface area contributed by atoms with Crippen LogP contribution in [-0.2, 0) is 67.0 Å². The number of halogens is 3. The first-order valence-corrected chi connectivity index (χ1v) is 40.4. The summed E-state index contributed by atoms with van der Waals surface area (Å²) in [6.07, 6.45) is 7.67. The van der Waals surface area contributed by atoms with Gasteiger partial charge in [0.1, 0.15) is 53.9 Å². The predicted molar refractivity (Wildman–Crippen MR) is 396 cm³/mol. The molecule has 5 saturated carbocycles.